The molecule has 32 heavy (non-hydrogen) atoms. The maximum atomic E-state index is 12.7. The lowest BCUT2D eigenvalue weighted by atomic mass is 10.1. The van der Waals surface area contributed by atoms with Gasteiger partial charge in [0.1, 0.15) is 6.54 Å². The Morgan fingerprint density at radius 3 is 2.28 bits per heavy atom. The molecule has 0 fully saturated rings. The monoisotopic (exact) mass is 452 g/mol. The SMILES string of the molecule is COc1cc(C(=O)Nc2cc(C(=O)NCC(F)(F)F)ccc2C)ccc1OCCC(C)C. The summed E-state index contributed by atoms with van der Waals surface area (Å²) in [5, 5.41) is 4.49. The smallest absolute Gasteiger partial charge is 0.405 e. The minimum absolute atomic E-state index is 0.00151. The van der Waals surface area contributed by atoms with Gasteiger partial charge in [0, 0.05) is 16.8 Å². The zero-order valence-electron chi connectivity index (χ0n) is 18.4. The van der Waals surface area contributed by atoms with Gasteiger partial charge in [-0.25, -0.2) is 0 Å². The number of nitrogens with one attached hydrogen (secondary N) is 2. The number of carbonyl (C=O) groups excluding carboxylic acids is 2. The molecule has 6 nitrogen and oxygen atoms in total. The first-order chi connectivity index (χ1) is 15.0. The lowest BCUT2D eigenvalue weighted by molar-refractivity contribution is -0.123. The van der Waals surface area contributed by atoms with Crippen molar-refractivity contribution in [3.8, 4) is 11.5 Å². The largest absolute Gasteiger partial charge is 0.493 e. The third-order valence-corrected chi connectivity index (χ3v) is 4.58. The molecule has 0 heterocycles. The molecular formula is C23H27F3N2O4. The summed E-state index contributed by atoms with van der Waals surface area (Å²) in [7, 11) is 1.47. The van der Waals surface area contributed by atoms with E-state index in [1.54, 1.807) is 25.1 Å². The number of alkyl halides is 3. The lowest BCUT2D eigenvalue weighted by Gasteiger charge is -2.14. The van der Waals surface area contributed by atoms with Crippen LogP contribution in [0.5, 0.6) is 11.5 Å². The van der Waals surface area contributed by atoms with Crippen LogP contribution in [0.4, 0.5) is 18.9 Å². The summed E-state index contributed by atoms with van der Waals surface area (Å²) in [5.74, 6) is 0.0542. The fourth-order valence-corrected chi connectivity index (χ4v) is 2.71. The second-order valence-corrected chi connectivity index (χ2v) is 7.68. The third kappa shape index (κ3) is 7.47. The number of carbonyl (C=O) groups is 2. The molecule has 9 heteroatoms. The van der Waals surface area contributed by atoms with Crippen LogP contribution >= 0.6 is 0 Å². The molecule has 174 valence electrons. The Kier molecular flexibility index (Phi) is 8.51. The number of benzene rings is 2. The molecule has 0 spiro atoms. The Morgan fingerprint density at radius 1 is 1.00 bits per heavy atom. The molecule has 0 aliphatic rings. The van der Waals surface area contributed by atoms with Crippen LogP contribution in [0.15, 0.2) is 36.4 Å². The second-order valence-electron chi connectivity index (χ2n) is 7.68. The van der Waals surface area contributed by atoms with E-state index < -0.39 is 24.5 Å². The fraction of sp³-hybridized carbons (Fsp3) is 0.391. The van der Waals surface area contributed by atoms with Crippen molar-refractivity contribution in [2.24, 2.45) is 5.92 Å². The number of aryl methyl sites for hydroxylation is 1. The topological polar surface area (TPSA) is 76.7 Å². The molecule has 0 radical (unpaired) electrons. The van der Waals surface area contributed by atoms with Gasteiger partial charge in [0.05, 0.1) is 13.7 Å². The third-order valence-electron chi connectivity index (χ3n) is 4.58. The van der Waals surface area contributed by atoms with Crippen molar-refractivity contribution in [3.05, 3.63) is 53.1 Å². The maximum Gasteiger partial charge on any atom is 0.405 e. The molecule has 0 aliphatic carbocycles. The van der Waals surface area contributed by atoms with Crippen molar-refractivity contribution < 1.29 is 32.2 Å². The van der Waals surface area contributed by atoms with E-state index in [1.807, 2.05) is 5.32 Å². The second kappa shape index (κ2) is 10.9. The van der Waals surface area contributed by atoms with Gasteiger partial charge in [0.2, 0.25) is 0 Å². The van der Waals surface area contributed by atoms with Gasteiger partial charge in [-0.3, -0.25) is 9.59 Å². The van der Waals surface area contributed by atoms with Crippen LogP contribution in [-0.4, -0.2) is 38.3 Å². The number of methoxy groups -OCH3 is 1. The van der Waals surface area contributed by atoms with Crippen LogP contribution in [0.1, 0.15) is 46.5 Å². The molecule has 0 unspecified atom stereocenters. The first-order valence-corrected chi connectivity index (χ1v) is 10.1. The number of halogens is 3. The number of amides is 2. The van der Waals surface area contributed by atoms with Gasteiger partial charge in [0.25, 0.3) is 11.8 Å². The lowest BCUT2D eigenvalue weighted by Crippen LogP contribution is -2.33. The molecule has 0 aromatic heterocycles. The average molecular weight is 452 g/mol. The van der Waals surface area contributed by atoms with Crippen molar-refractivity contribution in [1.29, 1.82) is 0 Å². The summed E-state index contributed by atoms with van der Waals surface area (Å²) in [6.07, 6.45) is -3.64. The summed E-state index contributed by atoms with van der Waals surface area (Å²) < 4.78 is 48.1. The fourth-order valence-electron chi connectivity index (χ4n) is 2.71. The number of rotatable bonds is 9. The van der Waals surface area contributed by atoms with Gasteiger partial charge in [-0.2, -0.15) is 13.2 Å². The van der Waals surface area contributed by atoms with E-state index in [4.69, 9.17) is 9.47 Å². The van der Waals surface area contributed by atoms with Crippen LogP contribution in [0.25, 0.3) is 0 Å². The van der Waals surface area contributed by atoms with E-state index in [0.29, 0.717) is 40.8 Å². The normalized spacial score (nSPS) is 11.2. The molecular weight excluding hydrogens is 425 g/mol. The van der Waals surface area contributed by atoms with Crippen LogP contribution in [0.2, 0.25) is 0 Å². The van der Waals surface area contributed by atoms with Crippen molar-refractivity contribution in [1.82, 2.24) is 5.32 Å². The number of anilines is 1. The standard InChI is InChI=1S/C23H27F3N2O4/c1-14(2)9-10-32-19-8-7-17(12-20(19)31-4)22(30)28-18-11-16(6-5-15(18)3)21(29)27-13-23(24,25)26/h5-8,11-12,14H,9-10,13H2,1-4H3,(H,27,29)(H,28,30). The van der Waals surface area contributed by atoms with Crippen molar-refractivity contribution >= 4 is 17.5 Å². The molecule has 0 atom stereocenters. The molecule has 0 saturated heterocycles. The molecule has 2 amide bonds. The van der Waals surface area contributed by atoms with Crippen molar-refractivity contribution in [2.75, 3.05) is 25.6 Å². The van der Waals surface area contributed by atoms with Gasteiger partial charge in [0.15, 0.2) is 11.5 Å². The Labute approximate surface area is 185 Å². The summed E-state index contributed by atoms with van der Waals surface area (Å²) in [5.41, 5.74) is 1.25. The summed E-state index contributed by atoms with van der Waals surface area (Å²) in [6.45, 7) is 4.96. The average Bonchev–Trinajstić information content (AvgIpc) is 2.72. The van der Waals surface area contributed by atoms with E-state index in [2.05, 4.69) is 19.2 Å². The molecule has 0 saturated carbocycles. The van der Waals surface area contributed by atoms with Crippen molar-refractivity contribution in [2.45, 2.75) is 33.4 Å². The highest BCUT2D eigenvalue weighted by atomic mass is 19.4. The van der Waals surface area contributed by atoms with Gasteiger partial charge in [-0.05, 0) is 55.2 Å². The molecule has 2 aromatic rings. The highest BCUT2D eigenvalue weighted by Gasteiger charge is 2.28. The highest BCUT2D eigenvalue weighted by molar-refractivity contribution is 6.06. The van der Waals surface area contributed by atoms with Gasteiger partial charge < -0.3 is 20.1 Å². The minimum atomic E-state index is -4.51. The summed E-state index contributed by atoms with van der Waals surface area (Å²) >= 11 is 0. The van der Waals surface area contributed by atoms with E-state index in [0.717, 1.165) is 6.42 Å². The van der Waals surface area contributed by atoms with Crippen LogP contribution in [0, 0.1) is 12.8 Å². The Bertz CT molecular complexity index is 959. The van der Waals surface area contributed by atoms with Gasteiger partial charge in [-0.15, -0.1) is 0 Å². The maximum absolute atomic E-state index is 12.7. The van der Waals surface area contributed by atoms with Gasteiger partial charge in [-0.1, -0.05) is 19.9 Å². The Balaban J connectivity index is 2.13. The number of hydrogen-bond donors (Lipinski definition) is 2. The first-order valence-electron chi connectivity index (χ1n) is 10.1. The predicted octanol–water partition coefficient (Wildman–Crippen LogP) is 4.97. The Hall–Kier alpha value is -3.23. The van der Waals surface area contributed by atoms with Crippen LogP contribution in [0.3, 0.4) is 0 Å². The predicted molar refractivity (Wildman–Crippen MR) is 115 cm³/mol. The summed E-state index contributed by atoms with van der Waals surface area (Å²) in [4.78, 5) is 24.7. The van der Waals surface area contributed by atoms with E-state index >= 15 is 0 Å². The van der Waals surface area contributed by atoms with Gasteiger partial charge >= 0.3 is 6.18 Å². The molecule has 2 rings (SSSR count). The quantitative estimate of drug-likeness (QED) is 0.563. The molecule has 2 N–H and O–H groups in total. The number of ether oxygens (including phenoxy) is 2. The Morgan fingerprint density at radius 2 is 1.66 bits per heavy atom. The first kappa shape index (κ1) is 25.0. The highest BCUT2D eigenvalue weighted by Crippen LogP contribution is 2.29. The molecule has 2 aromatic carbocycles. The van der Waals surface area contributed by atoms with E-state index in [1.165, 1.54) is 25.3 Å². The molecule has 0 aliphatic heterocycles. The van der Waals surface area contributed by atoms with E-state index in [-0.39, 0.29) is 5.56 Å². The van der Waals surface area contributed by atoms with Crippen LogP contribution in [-0.2, 0) is 0 Å². The van der Waals surface area contributed by atoms with Crippen molar-refractivity contribution in [3.63, 3.8) is 0 Å². The summed E-state index contributed by atoms with van der Waals surface area (Å²) in [6, 6.07) is 9.03. The van der Waals surface area contributed by atoms with E-state index in [9.17, 15) is 22.8 Å². The zero-order valence-corrected chi connectivity index (χ0v) is 18.4. The number of hydrogen-bond acceptors (Lipinski definition) is 4. The molecule has 0 bridgehead atoms. The van der Waals surface area contributed by atoms with Crippen LogP contribution < -0.4 is 20.1 Å². The minimum Gasteiger partial charge on any atom is -0.493 e. The zero-order chi connectivity index (χ0) is 23.9.